The van der Waals surface area contributed by atoms with Crippen molar-refractivity contribution in [3.05, 3.63) is 75.5 Å². The van der Waals surface area contributed by atoms with Crippen molar-refractivity contribution >= 4 is 27.8 Å². The van der Waals surface area contributed by atoms with E-state index in [4.69, 9.17) is 9.15 Å². The summed E-state index contributed by atoms with van der Waals surface area (Å²) >= 11 is 0. The second kappa shape index (κ2) is 7.91. The summed E-state index contributed by atoms with van der Waals surface area (Å²) in [4.78, 5) is 27.4. The van der Waals surface area contributed by atoms with Crippen LogP contribution in [0.2, 0.25) is 0 Å². The minimum absolute atomic E-state index is 0.150. The van der Waals surface area contributed by atoms with Crippen LogP contribution in [0.25, 0.3) is 21.9 Å². The molecule has 2 heterocycles. The Morgan fingerprint density at radius 3 is 2.90 bits per heavy atom. The Bertz CT molecular complexity index is 1360. The maximum atomic E-state index is 13.5. The number of fused-ring (bicyclic) bond motifs is 4. The zero-order valence-corrected chi connectivity index (χ0v) is 16.8. The molecule has 0 spiro atoms. The number of H-pyrrole nitrogens is 1. The van der Waals surface area contributed by atoms with Crippen LogP contribution in [0.4, 0.5) is 4.39 Å². The number of nitrogens with one attached hydrogen (secondary N) is 2. The summed E-state index contributed by atoms with van der Waals surface area (Å²) in [5.41, 5.74) is 3.83. The molecule has 1 aliphatic rings. The van der Waals surface area contributed by atoms with Gasteiger partial charge in [-0.15, -0.1) is 0 Å². The number of aryl methyl sites for hydroxylation is 1. The van der Waals surface area contributed by atoms with Crippen molar-refractivity contribution in [3.8, 4) is 5.75 Å². The third-order valence-corrected chi connectivity index (χ3v) is 5.76. The second-order valence-corrected chi connectivity index (χ2v) is 7.75. The van der Waals surface area contributed by atoms with E-state index in [1.807, 2.05) is 12.3 Å². The lowest BCUT2D eigenvalue weighted by molar-refractivity contribution is -0.123. The molecule has 4 aromatic rings. The molecule has 0 aliphatic heterocycles. The van der Waals surface area contributed by atoms with Crippen LogP contribution >= 0.6 is 0 Å². The highest BCUT2D eigenvalue weighted by molar-refractivity contribution is 5.84. The number of amides is 1. The van der Waals surface area contributed by atoms with Crippen molar-refractivity contribution in [3.63, 3.8) is 0 Å². The lowest BCUT2D eigenvalue weighted by Gasteiger charge is -2.09. The summed E-state index contributed by atoms with van der Waals surface area (Å²) in [6.07, 6.45) is 5.00. The van der Waals surface area contributed by atoms with Gasteiger partial charge in [-0.3, -0.25) is 4.79 Å². The van der Waals surface area contributed by atoms with Crippen LogP contribution in [0.1, 0.15) is 23.1 Å². The topological polar surface area (TPSA) is 84.3 Å². The van der Waals surface area contributed by atoms with Gasteiger partial charge in [-0.1, -0.05) is 0 Å². The largest absolute Gasteiger partial charge is 0.484 e. The van der Waals surface area contributed by atoms with E-state index in [0.717, 1.165) is 52.2 Å². The molecule has 6 nitrogen and oxygen atoms in total. The molecule has 0 atom stereocenters. The molecular formula is C24H21FN2O4. The number of benzene rings is 2. The third kappa shape index (κ3) is 3.79. The molecule has 2 N–H and O–H groups in total. The average molecular weight is 420 g/mol. The number of halogens is 1. The van der Waals surface area contributed by atoms with Crippen LogP contribution in [0.3, 0.4) is 0 Å². The van der Waals surface area contributed by atoms with Gasteiger partial charge in [0, 0.05) is 40.7 Å². The number of carbonyl (C=O) groups is 1. The van der Waals surface area contributed by atoms with Gasteiger partial charge in [-0.2, -0.15) is 0 Å². The van der Waals surface area contributed by atoms with Crippen molar-refractivity contribution < 1.29 is 18.3 Å². The minimum Gasteiger partial charge on any atom is -0.484 e. The Labute approximate surface area is 177 Å². The molecule has 1 aliphatic carbocycles. The highest BCUT2D eigenvalue weighted by Crippen LogP contribution is 2.29. The van der Waals surface area contributed by atoms with E-state index in [0.29, 0.717) is 24.3 Å². The first-order valence-electron chi connectivity index (χ1n) is 10.3. The number of ether oxygens (including phenoxy) is 1. The van der Waals surface area contributed by atoms with Gasteiger partial charge in [0.25, 0.3) is 5.91 Å². The SMILES string of the molecule is O=C(COc1ccc2c3c(c(=O)oc2c1)CCC3)NCCc1c[nH]c2ccc(F)cc12. The molecule has 0 saturated heterocycles. The Kier molecular flexibility index (Phi) is 4.94. The monoisotopic (exact) mass is 420 g/mol. The normalized spacial score (nSPS) is 12.9. The lowest BCUT2D eigenvalue weighted by Crippen LogP contribution is -2.30. The predicted octanol–water partition coefficient (Wildman–Crippen LogP) is 3.64. The zero-order chi connectivity index (χ0) is 21.4. The summed E-state index contributed by atoms with van der Waals surface area (Å²) in [5.74, 6) is -0.0839. The van der Waals surface area contributed by atoms with E-state index >= 15 is 0 Å². The van der Waals surface area contributed by atoms with E-state index in [1.165, 1.54) is 12.1 Å². The van der Waals surface area contributed by atoms with Crippen LogP contribution in [0, 0.1) is 5.82 Å². The second-order valence-electron chi connectivity index (χ2n) is 7.75. The van der Waals surface area contributed by atoms with Gasteiger partial charge in [0.2, 0.25) is 0 Å². The van der Waals surface area contributed by atoms with Gasteiger partial charge in [0.05, 0.1) is 0 Å². The predicted molar refractivity (Wildman–Crippen MR) is 115 cm³/mol. The molecule has 0 fully saturated rings. The van der Waals surface area contributed by atoms with Crippen molar-refractivity contribution in [2.75, 3.05) is 13.2 Å². The van der Waals surface area contributed by atoms with Gasteiger partial charge < -0.3 is 19.5 Å². The molecule has 5 rings (SSSR count). The summed E-state index contributed by atoms with van der Waals surface area (Å²) in [6, 6.07) is 9.91. The van der Waals surface area contributed by atoms with Gasteiger partial charge in [-0.25, -0.2) is 9.18 Å². The smallest absolute Gasteiger partial charge is 0.339 e. The molecule has 7 heteroatoms. The van der Waals surface area contributed by atoms with Crippen molar-refractivity contribution in [2.45, 2.75) is 25.7 Å². The van der Waals surface area contributed by atoms with E-state index in [-0.39, 0.29) is 24.0 Å². The first kappa shape index (κ1) is 19.4. The van der Waals surface area contributed by atoms with E-state index in [1.54, 1.807) is 18.2 Å². The quantitative estimate of drug-likeness (QED) is 0.467. The van der Waals surface area contributed by atoms with E-state index in [2.05, 4.69) is 10.3 Å². The highest BCUT2D eigenvalue weighted by Gasteiger charge is 2.19. The maximum Gasteiger partial charge on any atom is 0.339 e. The molecule has 31 heavy (non-hydrogen) atoms. The minimum atomic E-state index is -0.290. The molecule has 158 valence electrons. The fourth-order valence-corrected chi connectivity index (χ4v) is 4.25. The summed E-state index contributed by atoms with van der Waals surface area (Å²) < 4.78 is 24.5. The number of rotatable bonds is 6. The number of hydrogen-bond acceptors (Lipinski definition) is 4. The highest BCUT2D eigenvalue weighted by atomic mass is 19.1. The fraction of sp³-hybridized carbons (Fsp3) is 0.250. The average Bonchev–Trinajstić information content (AvgIpc) is 3.40. The first-order valence-corrected chi connectivity index (χ1v) is 10.3. The van der Waals surface area contributed by atoms with Crippen molar-refractivity contribution in [1.29, 1.82) is 0 Å². The molecule has 2 aromatic heterocycles. The molecule has 0 radical (unpaired) electrons. The number of carbonyl (C=O) groups excluding carboxylic acids is 1. The molecule has 0 saturated carbocycles. The zero-order valence-electron chi connectivity index (χ0n) is 16.8. The van der Waals surface area contributed by atoms with Crippen LogP contribution in [0.15, 0.2) is 51.8 Å². The number of aromatic amines is 1. The standard InChI is InChI=1S/C24H21FN2O4/c25-15-4-7-21-20(10-15)14(12-27-21)8-9-26-23(28)13-30-16-5-6-18-17-2-1-3-19(17)24(29)31-22(18)11-16/h4-7,10-12,27H,1-3,8-9,13H2,(H,26,28). The molecule has 2 aromatic carbocycles. The van der Waals surface area contributed by atoms with Crippen LogP contribution in [-0.4, -0.2) is 24.0 Å². The lowest BCUT2D eigenvalue weighted by atomic mass is 10.1. The molecular weight excluding hydrogens is 399 g/mol. The molecule has 0 bridgehead atoms. The van der Waals surface area contributed by atoms with Gasteiger partial charge in [-0.05, 0) is 67.1 Å². The summed E-state index contributed by atoms with van der Waals surface area (Å²) in [7, 11) is 0. The van der Waals surface area contributed by atoms with Crippen molar-refractivity contribution in [2.24, 2.45) is 0 Å². The summed E-state index contributed by atoms with van der Waals surface area (Å²) in [6.45, 7) is 0.258. The molecule has 0 unspecified atom stereocenters. The fourth-order valence-electron chi connectivity index (χ4n) is 4.25. The maximum absolute atomic E-state index is 13.5. The van der Waals surface area contributed by atoms with Gasteiger partial charge in [0.15, 0.2) is 6.61 Å². The van der Waals surface area contributed by atoms with Crippen molar-refractivity contribution in [1.82, 2.24) is 10.3 Å². The Morgan fingerprint density at radius 1 is 1.13 bits per heavy atom. The van der Waals surface area contributed by atoms with Crippen LogP contribution in [0.5, 0.6) is 5.75 Å². The van der Waals surface area contributed by atoms with Crippen LogP contribution < -0.4 is 15.7 Å². The number of hydrogen-bond donors (Lipinski definition) is 2. The summed E-state index contributed by atoms with van der Waals surface area (Å²) in [5, 5.41) is 4.55. The third-order valence-electron chi connectivity index (χ3n) is 5.76. The Balaban J connectivity index is 1.19. The van der Waals surface area contributed by atoms with Crippen LogP contribution in [-0.2, 0) is 24.1 Å². The van der Waals surface area contributed by atoms with E-state index in [9.17, 15) is 14.0 Å². The van der Waals surface area contributed by atoms with Gasteiger partial charge in [0.1, 0.15) is 17.1 Å². The Morgan fingerprint density at radius 2 is 2.00 bits per heavy atom. The first-order chi connectivity index (χ1) is 15.1. The van der Waals surface area contributed by atoms with Gasteiger partial charge >= 0.3 is 5.63 Å². The molecule has 1 amide bonds. The van der Waals surface area contributed by atoms with E-state index < -0.39 is 0 Å². The Hall–Kier alpha value is -3.61. The number of aromatic nitrogens is 1.